The Morgan fingerprint density at radius 2 is 1.58 bits per heavy atom. The van der Waals surface area contributed by atoms with E-state index in [1.54, 1.807) is 12.1 Å². The molecule has 2 aromatic carbocycles. The molecule has 4 rings (SSSR count). The van der Waals surface area contributed by atoms with Gasteiger partial charge in [-0.05, 0) is 60.4 Å². The molecular weight excluding hydrogens is 424 g/mol. The summed E-state index contributed by atoms with van der Waals surface area (Å²) in [6, 6.07) is 12.7. The zero-order valence-corrected chi connectivity index (χ0v) is 18.5. The van der Waals surface area contributed by atoms with Crippen molar-refractivity contribution in [2.45, 2.75) is 26.7 Å². The smallest absolute Gasteiger partial charge is 0.336 e. The van der Waals surface area contributed by atoms with Gasteiger partial charge in [0.1, 0.15) is 11.3 Å². The first-order valence-corrected chi connectivity index (χ1v) is 10.4. The van der Waals surface area contributed by atoms with Gasteiger partial charge in [-0.25, -0.2) is 9.59 Å². The highest BCUT2D eigenvalue weighted by Crippen LogP contribution is 2.42. The predicted octanol–water partition coefficient (Wildman–Crippen LogP) is 4.69. The summed E-state index contributed by atoms with van der Waals surface area (Å²) in [6.07, 6.45) is 1.26. The number of hydrogen-bond acceptors (Lipinski definition) is 5. The highest BCUT2D eigenvalue weighted by atomic mass is 16.4. The third kappa shape index (κ3) is 4.36. The number of aromatic carboxylic acids is 2. The van der Waals surface area contributed by atoms with Crippen molar-refractivity contribution in [3.8, 4) is 22.5 Å². The third-order valence-electron chi connectivity index (χ3n) is 5.52. The van der Waals surface area contributed by atoms with Gasteiger partial charge in [0.25, 0.3) is 0 Å². The Balaban J connectivity index is 0.00000149. The highest BCUT2D eigenvalue weighted by molar-refractivity contribution is 6.08. The normalized spacial score (nSPS) is 10.7. The lowest BCUT2D eigenvalue weighted by Crippen LogP contribution is -2.09. The van der Waals surface area contributed by atoms with Gasteiger partial charge in [-0.15, -0.1) is 0 Å². The number of hydrogen-bond donors (Lipinski definition) is 3. The van der Waals surface area contributed by atoms with E-state index in [2.05, 4.69) is 0 Å². The molecule has 0 saturated heterocycles. The molecule has 0 radical (unpaired) electrons. The summed E-state index contributed by atoms with van der Waals surface area (Å²) in [5.74, 6) is -2.00. The molecule has 2 aliphatic rings. The van der Waals surface area contributed by atoms with Gasteiger partial charge in [-0.2, -0.15) is 0 Å². The van der Waals surface area contributed by atoms with Crippen LogP contribution in [0.1, 0.15) is 45.7 Å². The monoisotopic (exact) mass is 448 g/mol. The van der Waals surface area contributed by atoms with Crippen LogP contribution in [0.5, 0.6) is 0 Å². The molecule has 0 atom stereocenters. The molecule has 0 spiro atoms. The van der Waals surface area contributed by atoms with Gasteiger partial charge >= 0.3 is 11.9 Å². The Hall–Kier alpha value is -3.97. The van der Waals surface area contributed by atoms with E-state index in [-0.39, 0.29) is 22.1 Å². The lowest BCUT2D eigenvalue weighted by atomic mass is 9.88. The molecule has 0 aromatic heterocycles. The molecule has 33 heavy (non-hydrogen) atoms. The fourth-order valence-corrected chi connectivity index (χ4v) is 3.87. The zero-order valence-electron chi connectivity index (χ0n) is 18.5. The van der Waals surface area contributed by atoms with Gasteiger partial charge < -0.3 is 19.7 Å². The maximum Gasteiger partial charge on any atom is 0.336 e. The van der Waals surface area contributed by atoms with Crippen molar-refractivity contribution in [2.75, 3.05) is 7.11 Å². The highest BCUT2D eigenvalue weighted by Gasteiger charge is 2.24. The molecule has 1 heterocycles. The van der Waals surface area contributed by atoms with Gasteiger partial charge in [0, 0.05) is 35.3 Å². The fraction of sp³-hybridized carbons (Fsp3) is 0.192. The van der Waals surface area contributed by atoms with Crippen LogP contribution in [-0.4, -0.2) is 34.4 Å². The van der Waals surface area contributed by atoms with Crippen molar-refractivity contribution in [3.05, 3.63) is 81.0 Å². The minimum atomic E-state index is -1.17. The molecule has 0 fully saturated rings. The topological polar surface area (TPSA) is 125 Å². The van der Waals surface area contributed by atoms with Crippen LogP contribution in [0.4, 0.5) is 0 Å². The van der Waals surface area contributed by atoms with Crippen LogP contribution in [0.25, 0.3) is 33.4 Å². The van der Waals surface area contributed by atoms with E-state index in [1.807, 2.05) is 26.0 Å². The number of fused-ring (bicyclic) bond motifs is 2. The van der Waals surface area contributed by atoms with Crippen molar-refractivity contribution in [1.29, 1.82) is 0 Å². The molecule has 3 N–H and O–H groups in total. The molecule has 0 unspecified atom stereocenters. The Morgan fingerprint density at radius 3 is 2.18 bits per heavy atom. The first-order chi connectivity index (χ1) is 15.8. The Kier molecular flexibility index (Phi) is 6.94. The van der Waals surface area contributed by atoms with Crippen LogP contribution in [0, 0.1) is 0 Å². The van der Waals surface area contributed by atoms with Crippen LogP contribution >= 0.6 is 0 Å². The van der Waals surface area contributed by atoms with E-state index >= 15 is 0 Å². The maximum atomic E-state index is 12.4. The number of benzene rings is 3. The van der Waals surface area contributed by atoms with E-state index in [4.69, 9.17) is 9.52 Å². The number of carboxylic acid groups (broad SMARTS) is 2. The third-order valence-corrected chi connectivity index (χ3v) is 5.52. The lowest BCUT2D eigenvalue weighted by molar-refractivity contribution is 0.0682. The predicted molar refractivity (Wildman–Crippen MR) is 125 cm³/mol. The molecule has 0 bridgehead atoms. The van der Waals surface area contributed by atoms with Gasteiger partial charge in [-0.1, -0.05) is 19.9 Å². The number of carboxylic acids is 2. The maximum absolute atomic E-state index is 12.4. The average Bonchev–Trinajstić information content (AvgIpc) is 2.82. The van der Waals surface area contributed by atoms with Gasteiger partial charge in [0.05, 0.1) is 11.1 Å². The van der Waals surface area contributed by atoms with Crippen molar-refractivity contribution >= 4 is 22.9 Å². The van der Waals surface area contributed by atoms with Crippen molar-refractivity contribution in [2.24, 2.45) is 0 Å². The molecular formula is C26H24O7. The van der Waals surface area contributed by atoms with Crippen LogP contribution in [0.15, 0.2) is 57.7 Å². The Bertz CT molecular complexity index is 1380. The standard InChI is InChI=1S/C25H20O6.CH4O/c1-3-13-5-8-21-18(9-13)23(19-10-14(4-2)20(26)12-22(19)31-21)17-11-15(24(27)28)6-7-16(17)25(29)30;1-2/h5-12H,3-4H2,1-2H3,(H,27,28)(H,29,30);2H,1H3. The first kappa shape index (κ1) is 23.7. The second-order valence-corrected chi connectivity index (χ2v) is 7.34. The van der Waals surface area contributed by atoms with E-state index in [9.17, 15) is 24.6 Å². The van der Waals surface area contributed by atoms with E-state index < -0.39 is 11.9 Å². The van der Waals surface area contributed by atoms with Crippen LogP contribution < -0.4 is 5.43 Å². The molecule has 7 nitrogen and oxygen atoms in total. The van der Waals surface area contributed by atoms with Crippen LogP contribution in [0.2, 0.25) is 0 Å². The minimum absolute atomic E-state index is 0.0232. The number of aliphatic hydroxyl groups excluding tert-OH is 1. The molecule has 0 amide bonds. The molecule has 2 aromatic rings. The van der Waals surface area contributed by atoms with Gasteiger partial charge in [0.2, 0.25) is 0 Å². The molecule has 1 aliphatic carbocycles. The summed E-state index contributed by atoms with van der Waals surface area (Å²) in [6.45, 7) is 3.87. The fourth-order valence-electron chi connectivity index (χ4n) is 3.87. The quantitative estimate of drug-likeness (QED) is 0.378. The number of aliphatic hydroxyl groups is 1. The minimum Gasteiger partial charge on any atom is -0.478 e. The van der Waals surface area contributed by atoms with Crippen LogP contribution in [0.3, 0.4) is 0 Å². The number of carbonyl (C=O) groups is 2. The van der Waals surface area contributed by atoms with Gasteiger partial charge in [-0.3, -0.25) is 4.79 Å². The lowest BCUT2D eigenvalue weighted by Gasteiger charge is -2.18. The van der Waals surface area contributed by atoms with Crippen molar-refractivity contribution < 1.29 is 29.3 Å². The first-order valence-electron chi connectivity index (χ1n) is 10.4. The molecule has 1 aliphatic heterocycles. The summed E-state index contributed by atoms with van der Waals surface area (Å²) in [5, 5.41) is 27.0. The summed E-state index contributed by atoms with van der Waals surface area (Å²) >= 11 is 0. The SMILES string of the molecule is CCc1ccc2oc3cc(=O)c(CC)cc-3c(-c3cc(C(=O)O)ccc3C(=O)O)c2c1.CO. The van der Waals surface area contributed by atoms with E-state index in [0.717, 1.165) is 19.1 Å². The Morgan fingerprint density at radius 1 is 0.848 bits per heavy atom. The zero-order chi connectivity index (χ0) is 24.3. The molecule has 7 heteroatoms. The largest absolute Gasteiger partial charge is 0.478 e. The van der Waals surface area contributed by atoms with Crippen molar-refractivity contribution in [3.63, 3.8) is 0 Å². The average molecular weight is 448 g/mol. The van der Waals surface area contributed by atoms with Crippen molar-refractivity contribution in [1.82, 2.24) is 0 Å². The van der Waals surface area contributed by atoms with Crippen LogP contribution in [-0.2, 0) is 12.8 Å². The number of rotatable bonds is 5. The summed E-state index contributed by atoms with van der Waals surface area (Å²) < 4.78 is 6.00. The van der Waals surface area contributed by atoms with E-state index in [1.165, 1.54) is 24.3 Å². The van der Waals surface area contributed by atoms with Gasteiger partial charge in [0.15, 0.2) is 5.43 Å². The second kappa shape index (κ2) is 9.67. The molecule has 0 saturated carbocycles. The summed E-state index contributed by atoms with van der Waals surface area (Å²) in [7, 11) is 1.00. The number of aryl methyl sites for hydroxylation is 2. The Labute approximate surface area is 189 Å². The molecule has 170 valence electrons. The van der Waals surface area contributed by atoms with E-state index in [0.29, 0.717) is 39.8 Å². The summed E-state index contributed by atoms with van der Waals surface area (Å²) in [4.78, 5) is 36.1. The summed E-state index contributed by atoms with van der Waals surface area (Å²) in [5.41, 5.74) is 3.25. The second-order valence-electron chi connectivity index (χ2n) is 7.34.